The van der Waals surface area contributed by atoms with Crippen molar-refractivity contribution < 1.29 is 18.0 Å². The molecule has 0 fully saturated rings. The van der Waals surface area contributed by atoms with Crippen LogP contribution in [0.5, 0.6) is 0 Å². The van der Waals surface area contributed by atoms with Gasteiger partial charge in [-0.05, 0) is 23.7 Å². The molecule has 9 heteroatoms. The third-order valence-electron chi connectivity index (χ3n) is 2.46. The fourth-order valence-corrected chi connectivity index (χ4v) is 1.65. The molecule has 0 bridgehead atoms. The zero-order valence-corrected chi connectivity index (χ0v) is 10.8. The number of hydrogen-bond acceptors (Lipinski definition) is 3. The van der Waals surface area contributed by atoms with Crippen LogP contribution in [0.1, 0.15) is 16.1 Å². The summed E-state index contributed by atoms with van der Waals surface area (Å²) < 4.78 is 40.0. The number of aryl methyl sites for hydroxylation is 1. The van der Waals surface area contributed by atoms with Gasteiger partial charge in [0.05, 0.1) is 5.56 Å². The summed E-state index contributed by atoms with van der Waals surface area (Å²) in [6.07, 6.45) is -2.41. The number of alkyl halides is 3. The van der Waals surface area contributed by atoms with Gasteiger partial charge in [-0.3, -0.25) is 4.79 Å². The summed E-state index contributed by atoms with van der Waals surface area (Å²) in [4.78, 5) is 18.4. The minimum atomic E-state index is -4.80. The second kappa shape index (κ2) is 5.12. The quantitative estimate of drug-likeness (QED) is 0.868. The van der Waals surface area contributed by atoms with Gasteiger partial charge >= 0.3 is 6.18 Å². The van der Waals surface area contributed by atoms with Gasteiger partial charge in [0, 0.05) is 19.4 Å². The standard InChI is InChI=1S/C11H8ClF3N4O/c1-19-4-2-3-7(19)17-9(20)6-5-16-10(12)18-8(6)11(13,14)15/h2-5H,1H3,(H,17,20). The van der Waals surface area contributed by atoms with Gasteiger partial charge in [-0.25, -0.2) is 9.97 Å². The molecule has 2 aromatic rings. The number of halogens is 4. The van der Waals surface area contributed by atoms with Crippen molar-refractivity contribution in [2.45, 2.75) is 6.18 Å². The van der Waals surface area contributed by atoms with Gasteiger partial charge in [0.1, 0.15) is 5.82 Å². The third kappa shape index (κ3) is 2.90. The SMILES string of the molecule is Cn1cccc1NC(=O)c1cnc(Cl)nc1C(F)(F)F. The van der Waals surface area contributed by atoms with Crippen LogP contribution in [0.3, 0.4) is 0 Å². The fourth-order valence-electron chi connectivity index (χ4n) is 1.52. The first-order valence-electron chi connectivity index (χ1n) is 5.31. The van der Waals surface area contributed by atoms with Crippen LogP contribution in [0.15, 0.2) is 24.5 Å². The topological polar surface area (TPSA) is 59.8 Å². The highest BCUT2D eigenvalue weighted by Crippen LogP contribution is 2.31. The van der Waals surface area contributed by atoms with Crippen molar-refractivity contribution in [2.24, 2.45) is 7.05 Å². The predicted octanol–water partition coefficient (Wildman–Crippen LogP) is 2.74. The average molecular weight is 305 g/mol. The lowest BCUT2D eigenvalue weighted by Gasteiger charge is -2.12. The number of aromatic nitrogens is 3. The molecule has 1 N–H and O–H groups in total. The molecule has 0 saturated heterocycles. The molecule has 0 unspecified atom stereocenters. The van der Waals surface area contributed by atoms with E-state index in [4.69, 9.17) is 11.6 Å². The average Bonchev–Trinajstić information content (AvgIpc) is 2.73. The molecular formula is C11H8ClF3N4O. The van der Waals surface area contributed by atoms with Crippen molar-refractivity contribution in [3.63, 3.8) is 0 Å². The molecule has 20 heavy (non-hydrogen) atoms. The Kier molecular flexibility index (Phi) is 3.67. The zero-order chi connectivity index (χ0) is 14.9. The number of carbonyl (C=O) groups is 1. The van der Waals surface area contributed by atoms with E-state index in [2.05, 4.69) is 15.3 Å². The van der Waals surface area contributed by atoms with E-state index in [-0.39, 0.29) is 0 Å². The van der Waals surface area contributed by atoms with E-state index < -0.39 is 28.6 Å². The lowest BCUT2D eigenvalue weighted by atomic mass is 10.2. The van der Waals surface area contributed by atoms with E-state index >= 15 is 0 Å². The highest BCUT2D eigenvalue weighted by Gasteiger charge is 2.38. The molecule has 106 valence electrons. The van der Waals surface area contributed by atoms with Crippen molar-refractivity contribution in [3.8, 4) is 0 Å². The van der Waals surface area contributed by atoms with Gasteiger partial charge in [-0.1, -0.05) is 0 Å². The van der Waals surface area contributed by atoms with Crippen LogP contribution in [-0.2, 0) is 13.2 Å². The van der Waals surface area contributed by atoms with Gasteiger partial charge in [0.15, 0.2) is 5.69 Å². The normalized spacial score (nSPS) is 11.4. The maximum Gasteiger partial charge on any atom is 0.434 e. The summed E-state index contributed by atoms with van der Waals surface area (Å²) >= 11 is 5.34. The summed E-state index contributed by atoms with van der Waals surface area (Å²) in [5, 5.41) is 1.76. The maximum atomic E-state index is 12.8. The number of nitrogens with one attached hydrogen (secondary N) is 1. The van der Waals surface area contributed by atoms with Gasteiger partial charge in [-0.15, -0.1) is 0 Å². The van der Waals surface area contributed by atoms with Gasteiger partial charge in [0.2, 0.25) is 5.28 Å². The Morgan fingerprint density at radius 1 is 1.45 bits per heavy atom. The fraction of sp³-hybridized carbons (Fsp3) is 0.182. The van der Waals surface area contributed by atoms with Gasteiger partial charge in [-0.2, -0.15) is 13.2 Å². The van der Waals surface area contributed by atoms with E-state index in [9.17, 15) is 18.0 Å². The highest BCUT2D eigenvalue weighted by molar-refractivity contribution is 6.28. The minimum Gasteiger partial charge on any atom is -0.338 e. The number of nitrogens with zero attached hydrogens (tertiary/aromatic N) is 3. The Morgan fingerprint density at radius 2 is 2.15 bits per heavy atom. The largest absolute Gasteiger partial charge is 0.434 e. The molecule has 2 aromatic heterocycles. The van der Waals surface area contributed by atoms with Gasteiger partial charge < -0.3 is 9.88 Å². The Balaban J connectivity index is 2.37. The summed E-state index contributed by atoms with van der Waals surface area (Å²) in [6.45, 7) is 0. The molecule has 0 aliphatic rings. The molecule has 0 saturated carbocycles. The first-order valence-corrected chi connectivity index (χ1v) is 5.69. The van der Waals surface area contributed by atoms with E-state index in [0.717, 1.165) is 6.20 Å². The van der Waals surface area contributed by atoms with Crippen LogP contribution >= 0.6 is 11.6 Å². The molecule has 5 nitrogen and oxygen atoms in total. The molecule has 0 aromatic carbocycles. The van der Waals surface area contributed by atoms with Crippen LogP contribution in [0.25, 0.3) is 0 Å². The van der Waals surface area contributed by atoms with Crippen LogP contribution < -0.4 is 5.32 Å². The Morgan fingerprint density at radius 3 is 2.70 bits per heavy atom. The van der Waals surface area contributed by atoms with E-state index in [1.54, 1.807) is 29.9 Å². The van der Waals surface area contributed by atoms with Crippen molar-refractivity contribution in [2.75, 3.05) is 5.32 Å². The van der Waals surface area contributed by atoms with Crippen molar-refractivity contribution in [3.05, 3.63) is 41.1 Å². The Labute approximate surface area is 116 Å². The lowest BCUT2D eigenvalue weighted by Crippen LogP contribution is -2.21. The monoisotopic (exact) mass is 304 g/mol. The predicted molar refractivity (Wildman–Crippen MR) is 65.4 cm³/mol. The zero-order valence-electron chi connectivity index (χ0n) is 10.1. The van der Waals surface area contributed by atoms with Crippen LogP contribution in [0, 0.1) is 0 Å². The molecule has 2 rings (SSSR count). The number of anilines is 1. The van der Waals surface area contributed by atoms with Crippen LogP contribution in [-0.4, -0.2) is 20.4 Å². The third-order valence-corrected chi connectivity index (χ3v) is 2.64. The van der Waals surface area contributed by atoms with Gasteiger partial charge in [0.25, 0.3) is 5.91 Å². The van der Waals surface area contributed by atoms with E-state index in [0.29, 0.717) is 5.82 Å². The molecule has 0 spiro atoms. The number of carbonyl (C=O) groups excluding carboxylic acids is 1. The molecule has 1 amide bonds. The van der Waals surface area contributed by atoms with E-state index in [1.165, 1.54) is 0 Å². The summed E-state index contributed by atoms with van der Waals surface area (Å²) in [6, 6.07) is 3.18. The number of hydrogen-bond donors (Lipinski definition) is 1. The molecule has 0 atom stereocenters. The first-order chi connectivity index (χ1) is 9.29. The summed E-state index contributed by atoms with van der Waals surface area (Å²) in [5.41, 5.74) is -2.06. The summed E-state index contributed by atoms with van der Waals surface area (Å²) in [7, 11) is 1.64. The number of amides is 1. The number of rotatable bonds is 2. The van der Waals surface area contributed by atoms with Crippen LogP contribution in [0.4, 0.5) is 19.0 Å². The van der Waals surface area contributed by atoms with E-state index in [1.807, 2.05) is 0 Å². The molecular weight excluding hydrogens is 297 g/mol. The summed E-state index contributed by atoms with van der Waals surface area (Å²) in [5.74, 6) is -0.617. The van der Waals surface area contributed by atoms with Crippen molar-refractivity contribution >= 4 is 23.3 Å². The van der Waals surface area contributed by atoms with Crippen LogP contribution in [0.2, 0.25) is 5.28 Å². The molecule has 2 heterocycles. The Hall–Kier alpha value is -2.09. The second-order valence-electron chi connectivity index (χ2n) is 3.86. The first kappa shape index (κ1) is 14.3. The highest BCUT2D eigenvalue weighted by atomic mass is 35.5. The molecule has 0 aliphatic carbocycles. The minimum absolute atomic E-state index is 0.345. The van der Waals surface area contributed by atoms with Crippen molar-refractivity contribution in [1.82, 2.24) is 14.5 Å². The second-order valence-corrected chi connectivity index (χ2v) is 4.20. The molecule has 0 aliphatic heterocycles. The molecule has 0 radical (unpaired) electrons. The lowest BCUT2D eigenvalue weighted by molar-refractivity contribution is -0.141. The Bertz CT molecular complexity index is 653. The maximum absolute atomic E-state index is 12.8. The smallest absolute Gasteiger partial charge is 0.338 e. The van der Waals surface area contributed by atoms with Crippen molar-refractivity contribution in [1.29, 1.82) is 0 Å².